The van der Waals surface area contributed by atoms with Gasteiger partial charge in [-0.15, -0.1) is 0 Å². The van der Waals surface area contributed by atoms with Gasteiger partial charge in [0.2, 0.25) is 0 Å². The molecule has 0 aromatic carbocycles. The highest BCUT2D eigenvalue weighted by Gasteiger charge is 2.42. The first-order valence-corrected chi connectivity index (χ1v) is 8.32. The molecule has 4 heteroatoms. The van der Waals surface area contributed by atoms with Gasteiger partial charge in [0.25, 0.3) is 0 Å². The summed E-state index contributed by atoms with van der Waals surface area (Å²) in [7, 11) is 0. The molecule has 0 radical (unpaired) electrons. The molecular formula is C16H27NO3. The molecule has 114 valence electrons. The molecule has 0 aromatic heterocycles. The molecule has 0 amide bonds. The number of carbonyl (C=O) groups is 1. The summed E-state index contributed by atoms with van der Waals surface area (Å²) in [4.78, 5) is 14.0. The Kier molecular flexibility index (Phi) is 4.61. The standard InChI is InChI=1S/C16H27NO3/c18-16(19)15-8-7-13-5-1-2-6-14(13)17(15)10-12-4-3-9-20-11-12/h12-15H,1-11H2,(H,18,19). The van der Waals surface area contributed by atoms with E-state index in [2.05, 4.69) is 4.90 Å². The van der Waals surface area contributed by atoms with Crippen LogP contribution in [-0.4, -0.2) is 47.8 Å². The Hall–Kier alpha value is -0.610. The van der Waals surface area contributed by atoms with E-state index in [0.717, 1.165) is 44.9 Å². The summed E-state index contributed by atoms with van der Waals surface area (Å²) in [5, 5.41) is 9.56. The van der Waals surface area contributed by atoms with E-state index < -0.39 is 5.97 Å². The quantitative estimate of drug-likeness (QED) is 0.863. The molecule has 0 bridgehead atoms. The molecule has 3 fully saturated rings. The zero-order chi connectivity index (χ0) is 13.9. The second-order valence-electron chi connectivity index (χ2n) is 6.82. The molecule has 3 rings (SSSR count). The predicted octanol–water partition coefficient (Wildman–Crippen LogP) is 2.52. The minimum Gasteiger partial charge on any atom is -0.480 e. The van der Waals surface area contributed by atoms with Crippen LogP contribution in [0.3, 0.4) is 0 Å². The van der Waals surface area contributed by atoms with Gasteiger partial charge in [-0.1, -0.05) is 12.8 Å². The first-order valence-electron chi connectivity index (χ1n) is 8.32. The average molecular weight is 281 g/mol. The lowest BCUT2D eigenvalue weighted by Crippen LogP contribution is -2.56. The summed E-state index contributed by atoms with van der Waals surface area (Å²) < 4.78 is 5.58. The minimum atomic E-state index is -0.620. The molecule has 1 N–H and O–H groups in total. The second-order valence-corrected chi connectivity index (χ2v) is 6.82. The van der Waals surface area contributed by atoms with Crippen LogP contribution in [0.25, 0.3) is 0 Å². The first kappa shape index (κ1) is 14.3. The lowest BCUT2D eigenvalue weighted by atomic mass is 9.76. The number of carboxylic acids is 1. The zero-order valence-electron chi connectivity index (χ0n) is 12.3. The van der Waals surface area contributed by atoms with Gasteiger partial charge in [-0.05, 0) is 50.4 Å². The highest BCUT2D eigenvalue weighted by Crippen LogP contribution is 2.38. The molecule has 0 aromatic rings. The third-order valence-electron chi connectivity index (χ3n) is 5.51. The van der Waals surface area contributed by atoms with E-state index in [1.54, 1.807) is 0 Å². The van der Waals surface area contributed by atoms with Crippen LogP contribution in [0.5, 0.6) is 0 Å². The van der Waals surface area contributed by atoms with Gasteiger partial charge >= 0.3 is 5.97 Å². The van der Waals surface area contributed by atoms with Crippen molar-refractivity contribution >= 4 is 5.97 Å². The number of carboxylic acid groups (broad SMARTS) is 1. The third-order valence-corrected chi connectivity index (χ3v) is 5.51. The Labute approximate surface area is 121 Å². The van der Waals surface area contributed by atoms with Crippen LogP contribution >= 0.6 is 0 Å². The van der Waals surface area contributed by atoms with E-state index in [-0.39, 0.29) is 6.04 Å². The fourth-order valence-corrected chi connectivity index (χ4v) is 4.51. The number of rotatable bonds is 3. The van der Waals surface area contributed by atoms with Crippen molar-refractivity contribution in [3.63, 3.8) is 0 Å². The molecule has 1 saturated carbocycles. The smallest absolute Gasteiger partial charge is 0.320 e. The van der Waals surface area contributed by atoms with Gasteiger partial charge in [0.05, 0.1) is 6.61 Å². The SMILES string of the molecule is O=C(O)C1CCC2CCCCC2N1CC1CCCOC1. The second kappa shape index (κ2) is 6.44. The van der Waals surface area contributed by atoms with Crippen LogP contribution in [0.1, 0.15) is 51.4 Å². The molecule has 4 unspecified atom stereocenters. The predicted molar refractivity (Wildman–Crippen MR) is 76.7 cm³/mol. The van der Waals surface area contributed by atoms with Crippen LogP contribution in [0.15, 0.2) is 0 Å². The molecular weight excluding hydrogens is 254 g/mol. The van der Waals surface area contributed by atoms with Gasteiger partial charge < -0.3 is 9.84 Å². The van der Waals surface area contributed by atoms with Crippen molar-refractivity contribution in [3.05, 3.63) is 0 Å². The van der Waals surface area contributed by atoms with Gasteiger partial charge in [0, 0.05) is 19.2 Å². The summed E-state index contributed by atoms with van der Waals surface area (Å²) in [6.07, 6.45) is 9.37. The van der Waals surface area contributed by atoms with Crippen LogP contribution in [0.2, 0.25) is 0 Å². The number of fused-ring (bicyclic) bond motifs is 1. The summed E-state index contributed by atoms with van der Waals surface area (Å²) in [6.45, 7) is 2.63. The lowest BCUT2D eigenvalue weighted by molar-refractivity contribution is -0.149. The van der Waals surface area contributed by atoms with E-state index >= 15 is 0 Å². The number of likely N-dealkylation sites (tertiary alicyclic amines) is 1. The van der Waals surface area contributed by atoms with Gasteiger partial charge in [0.1, 0.15) is 6.04 Å². The van der Waals surface area contributed by atoms with Crippen LogP contribution < -0.4 is 0 Å². The normalized spacial score (nSPS) is 39.2. The summed E-state index contributed by atoms with van der Waals surface area (Å²) >= 11 is 0. The van der Waals surface area contributed by atoms with E-state index in [0.29, 0.717) is 12.0 Å². The van der Waals surface area contributed by atoms with Crippen molar-refractivity contribution in [2.24, 2.45) is 11.8 Å². The Bertz CT molecular complexity index is 341. The van der Waals surface area contributed by atoms with Crippen LogP contribution in [0.4, 0.5) is 0 Å². The largest absolute Gasteiger partial charge is 0.480 e. The zero-order valence-corrected chi connectivity index (χ0v) is 12.3. The van der Waals surface area contributed by atoms with Crippen molar-refractivity contribution in [3.8, 4) is 0 Å². The van der Waals surface area contributed by atoms with Crippen molar-refractivity contribution < 1.29 is 14.6 Å². The maximum atomic E-state index is 11.6. The highest BCUT2D eigenvalue weighted by atomic mass is 16.5. The Morgan fingerprint density at radius 1 is 1.10 bits per heavy atom. The Morgan fingerprint density at radius 3 is 2.70 bits per heavy atom. The molecule has 1 aliphatic carbocycles. The Morgan fingerprint density at radius 2 is 1.95 bits per heavy atom. The van der Waals surface area contributed by atoms with E-state index in [1.807, 2.05) is 0 Å². The molecule has 4 nitrogen and oxygen atoms in total. The third kappa shape index (κ3) is 3.01. The molecule has 2 aliphatic heterocycles. The van der Waals surface area contributed by atoms with E-state index in [4.69, 9.17) is 4.74 Å². The number of aliphatic carboxylic acids is 1. The fraction of sp³-hybridized carbons (Fsp3) is 0.938. The first-order chi connectivity index (χ1) is 9.75. The molecule has 2 heterocycles. The number of nitrogens with zero attached hydrogens (tertiary/aromatic N) is 1. The van der Waals surface area contributed by atoms with Crippen molar-refractivity contribution in [1.82, 2.24) is 4.90 Å². The van der Waals surface area contributed by atoms with Crippen molar-refractivity contribution in [2.75, 3.05) is 19.8 Å². The van der Waals surface area contributed by atoms with E-state index in [1.165, 1.54) is 32.1 Å². The molecule has 2 saturated heterocycles. The number of ether oxygens (including phenoxy) is 1. The number of piperidine rings is 1. The topological polar surface area (TPSA) is 49.8 Å². The van der Waals surface area contributed by atoms with Crippen LogP contribution in [0, 0.1) is 11.8 Å². The highest BCUT2D eigenvalue weighted by molar-refractivity contribution is 5.73. The van der Waals surface area contributed by atoms with Gasteiger partial charge in [0.15, 0.2) is 0 Å². The summed E-state index contributed by atoms with van der Waals surface area (Å²) in [6, 6.07) is 0.261. The number of hydrogen-bond donors (Lipinski definition) is 1. The maximum absolute atomic E-state index is 11.6. The van der Waals surface area contributed by atoms with Crippen molar-refractivity contribution in [1.29, 1.82) is 0 Å². The monoisotopic (exact) mass is 281 g/mol. The maximum Gasteiger partial charge on any atom is 0.320 e. The van der Waals surface area contributed by atoms with E-state index in [9.17, 15) is 9.90 Å². The lowest BCUT2D eigenvalue weighted by Gasteiger charge is -2.48. The van der Waals surface area contributed by atoms with Crippen molar-refractivity contribution in [2.45, 2.75) is 63.5 Å². The minimum absolute atomic E-state index is 0.253. The molecule has 20 heavy (non-hydrogen) atoms. The van der Waals surface area contributed by atoms with Gasteiger partial charge in [-0.2, -0.15) is 0 Å². The fourth-order valence-electron chi connectivity index (χ4n) is 4.51. The molecule has 4 atom stereocenters. The summed E-state index contributed by atoms with van der Waals surface area (Å²) in [5.74, 6) is 0.654. The number of hydrogen-bond acceptors (Lipinski definition) is 3. The molecule has 0 spiro atoms. The van der Waals surface area contributed by atoms with Gasteiger partial charge in [-0.25, -0.2) is 0 Å². The summed E-state index contributed by atoms with van der Waals surface area (Å²) in [5.41, 5.74) is 0. The Balaban J connectivity index is 1.71. The average Bonchev–Trinajstić information content (AvgIpc) is 2.48. The van der Waals surface area contributed by atoms with Crippen LogP contribution in [-0.2, 0) is 9.53 Å². The molecule has 3 aliphatic rings. The van der Waals surface area contributed by atoms with Gasteiger partial charge in [-0.3, -0.25) is 9.69 Å².